The Kier molecular flexibility index (Phi) is 8.54. The number of carbonyl (C=O) groups is 2. The van der Waals surface area contributed by atoms with Crippen molar-refractivity contribution in [2.75, 3.05) is 18.0 Å². The summed E-state index contributed by atoms with van der Waals surface area (Å²) in [5, 5.41) is 24.0. The number of rotatable bonds is 10. The first-order valence-corrected chi connectivity index (χ1v) is 19.2. The number of anilines is 1. The summed E-state index contributed by atoms with van der Waals surface area (Å²) in [6, 6.07) is 21.0. The van der Waals surface area contributed by atoms with Crippen LogP contribution in [0.1, 0.15) is 71.4 Å². The average molecular weight is 720 g/mol. The molecule has 0 radical (unpaired) electrons. The van der Waals surface area contributed by atoms with E-state index in [4.69, 9.17) is 5.11 Å². The number of aliphatic hydroxyl groups is 1. The van der Waals surface area contributed by atoms with E-state index >= 15 is 0 Å². The summed E-state index contributed by atoms with van der Waals surface area (Å²) in [7, 11) is -4.58. The van der Waals surface area contributed by atoms with Crippen molar-refractivity contribution in [3.8, 4) is 0 Å². The van der Waals surface area contributed by atoms with Gasteiger partial charge in [0.25, 0.3) is 10.1 Å². The first-order valence-electron chi connectivity index (χ1n) is 17.7. The van der Waals surface area contributed by atoms with Crippen molar-refractivity contribution in [1.29, 1.82) is 0 Å². The zero-order valence-corrected chi connectivity index (χ0v) is 30.8. The molecule has 0 amide bonds. The molecular weight excluding hydrogens is 677 g/mol. The predicted molar refractivity (Wildman–Crippen MR) is 204 cm³/mol. The van der Waals surface area contributed by atoms with Crippen molar-refractivity contribution in [3.05, 3.63) is 113 Å². The summed E-state index contributed by atoms with van der Waals surface area (Å²) in [5.74, 6) is -1.25. The van der Waals surface area contributed by atoms with E-state index in [2.05, 4.69) is 54.5 Å². The highest BCUT2D eigenvalue weighted by atomic mass is 32.2. The molecule has 0 fully saturated rings. The number of unbranched alkanes of at least 4 members (excludes halogenated alkanes) is 2. The summed E-state index contributed by atoms with van der Waals surface area (Å²) >= 11 is 0. The van der Waals surface area contributed by atoms with E-state index in [9.17, 15) is 27.7 Å². The normalized spacial score (nSPS) is 19.3. The Morgan fingerprint density at radius 2 is 1.54 bits per heavy atom. The molecule has 52 heavy (non-hydrogen) atoms. The van der Waals surface area contributed by atoms with Crippen LogP contribution in [0.25, 0.3) is 21.5 Å². The Labute approximate surface area is 303 Å². The minimum absolute atomic E-state index is 0.0579. The number of carboxylic acid groups (broad SMARTS) is 1. The zero-order valence-electron chi connectivity index (χ0n) is 30.0. The summed E-state index contributed by atoms with van der Waals surface area (Å²) < 4.78 is 37.6. The fraction of sp³-hybridized carbons (Fsp3) is 0.310. The SMILES string of the molecule is CCN1C(=CC2=C(O)C(=CC3=[N+](CCCCCC(=O)O)c4c(cc(S(=O)(=O)O)c5ccccc45)C3(C)C)C2=O)C(C)(C)c2ccc3ccccc3c21. The fourth-order valence-corrected chi connectivity index (χ4v) is 9.06. The van der Waals surface area contributed by atoms with E-state index in [1.54, 1.807) is 24.3 Å². The van der Waals surface area contributed by atoms with Crippen LogP contribution in [0.5, 0.6) is 0 Å². The molecule has 1 aliphatic carbocycles. The van der Waals surface area contributed by atoms with Crippen molar-refractivity contribution in [2.45, 2.75) is 76.0 Å². The molecule has 9 nitrogen and oxygen atoms in total. The van der Waals surface area contributed by atoms with Gasteiger partial charge in [-0.15, -0.1) is 0 Å². The number of carbonyl (C=O) groups excluding carboxylic acids is 1. The van der Waals surface area contributed by atoms with E-state index in [-0.39, 0.29) is 34.0 Å². The number of hydrogen-bond acceptors (Lipinski definition) is 6. The van der Waals surface area contributed by atoms with Crippen LogP contribution in [0.2, 0.25) is 0 Å². The number of fused-ring (bicyclic) bond motifs is 6. The molecule has 0 spiro atoms. The topological polar surface area (TPSA) is 135 Å². The molecule has 0 aromatic heterocycles. The molecule has 4 aromatic rings. The van der Waals surface area contributed by atoms with E-state index in [0.29, 0.717) is 54.4 Å². The number of likely N-dealkylation sites (N-methyl/N-ethyl adjacent to an activating group) is 1. The lowest BCUT2D eigenvalue weighted by Crippen LogP contribution is -2.32. The van der Waals surface area contributed by atoms with Crippen LogP contribution in [-0.4, -0.2) is 58.3 Å². The first-order chi connectivity index (χ1) is 24.6. The van der Waals surface area contributed by atoms with Crippen LogP contribution in [0.3, 0.4) is 0 Å². The molecule has 4 aromatic carbocycles. The minimum Gasteiger partial charge on any atom is -0.506 e. The van der Waals surface area contributed by atoms with Gasteiger partial charge in [0.05, 0.1) is 27.6 Å². The third-order valence-corrected chi connectivity index (χ3v) is 11.9. The molecule has 10 heteroatoms. The summed E-state index contributed by atoms with van der Waals surface area (Å²) in [5.41, 5.74) is 4.41. The largest absolute Gasteiger partial charge is 0.506 e. The highest BCUT2D eigenvalue weighted by Gasteiger charge is 2.49. The molecular formula is C42H43N2O7S+. The van der Waals surface area contributed by atoms with Crippen LogP contribution in [0.4, 0.5) is 11.4 Å². The smallest absolute Gasteiger partial charge is 0.303 e. The third kappa shape index (κ3) is 5.47. The summed E-state index contributed by atoms with van der Waals surface area (Å²) in [6.45, 7) is 11.3. The second-order valence-electron chi connectivity index (χ2n) is 14.9. The van der Waals surface area contributed by atoms with E-state index in [0.717, 1.165) is 33.4 Å². The van der Waals surface area contributed by atoms with Gasteiger partial charge < -0.3 is 15.1 Å². The molecule has 268 valence electrons. The number of allylic oxidation sites excluding steroid dienone is 5. The Morgan fingerprint density at radius 3 is 2.19 bits per heavy atom. The summed E-state index contributed by atoms with van der Waals surface area (Å²) in [6.07, 6.45) is 5.36. The molecule has 0 atom stereocenters. The minimum atomic E-state index is -4.58. The molecule has 3 aliphatic rings. The fourth-order valence-electron chi connectivity index (χ4n) is 8.33. The molecule has 2 aliphatic heterocycles. The van der Waals surface area contributed by atoms with Crippen LogP contribution in [0.15, 0.2) is 106 Å². The van der Waals surface area contributed by atoms with Gasteiger partial charge in [-0.1, -0.05) is 68.4 Å². The number of aliphatic carboxylic acids is 1. The van der Waals surface area contributed by atoms with E-state index < -0.39 is 26.9 Å². The Balaban J connectivity index is 1.35. The predicted octanol–water partition coefficient (Wildman–Crippen LogP) is 8.28. The van der Waals surface area contributed by atoms with Crippen molar-refractivity contribution < 1.29 is 37.3 Å². The maximum Gasteiger partial charge on any atom is 0.303 e. The van der Waals surface area contributed by atoms with Gasteiger partial charge in [-0.2, -0.15) is 13.0 Å². The van der Waals surface area contributed by atoms with Gasteiger partial charge >= 0.3 is 5.97 Å². The maximum absolute atomic E-state index is 14.0. The molecule has 7 rings (SSSR count). The summed E-state index contributed by atoms with van der Waals surface area (Å²) in [4.78, 5) is 27.2. The highest BCUT2D eigenvalue weighted by Crippen LogP contribution is 2.52. The van der Waals surface area contributed by atoms with Gasteiger partial charge in [0.1, 0.15) is 17.2 Å². The number of nitrogens with zero attached hydrogens (tertiary/aromatic N) is 2. The van der Waals surface area contributed by atoms with Crippen molar-refractivity contribution in [3.63, 3.8) is 0 Å². The van der Waals surface area contributed by atoms with Crippen molar-refractivity contribution in [1.82, 2.24) is 0 Å². The highest BCUT2D eigenvalue weighted by molar-refractivity contribution is 7.86. The number of hydrogen-bond donors (Lipinski definition) is 3. The zero-order chi connectivity index (χ0) is 37.3. The van der Waals surface area contributed by atoms with Gasteiger partial charge in [-0.25, -0.2) is 0 Å². The molecule has 0 saturated heterocycles. The molecule has 0 bridgehead atoms. The Morgan fingerprint density at radius 1 is 0.865 bits per heavy atom. The van der Waals surface area contributed by atoms with Gasteiger partial charge in [0, 0.05) is 52.9 Å². The quantitative estimate of drug-likeness (QED) is 0.0645. The molecule has 0 unspecified atom stereocenters. The van der Waals surface area contributed by atoms with Crippen LogP contribution in [-0.2, 0) is 30.5 Å². The maximum atomic E-state index is 14.0. The number of ketones is 1. The molecule has 0 saturated carbocycles. The number of Topliss-reactive ketones (excluding diaryl/α,β-unsaturated/α-hetero) is 1. The lowest BCUT2D eigenvalue weighted by atomic mass is 9.77. The van der Waals surface area contributed by atoms with Crippen molar-refractivity contribution >= 4 is 60.5 Å². The lowest BCUT2D eigenvalue weighted by Gasteiger charge is -2.28. The monoisotopic (exact) mass is 719 g/mol. The number of carboxylic acids is 1. The standard InChI is InChI=1S/C42H42N2O7S/c1-6-43-34(41(2,3)31-20-19-25-14-9-10-15-26(25)37(31)43)22-29-39(47)30(40(29)48)23-35-42(4,5)32-24-33(52(49,50)51)27-16-11-12-17-28(27)38(32)44(35)21-13-7-8-18-36(45)46/h9-12,14-17,19-20,22-24H,6-8,13,18,21H2,1-5H3,(H2-,45,46,47,48,49,50,51)/p+1. The average Bonchev–Trinajstić information content (AvgIpc) is 3.46. The van der Waals surface area contributed by atoms with Crippen LogP contribution in [0, 0.1) is 0 Å². The molecule has 3 N–H and O–H groups in total. The first kappa shape index (κ1) is 35.3. The molecule has 2 heterocycles. The van der Waals surface area contributed by atoms with E-state index in [1.165, 1.54) is 6.07 Å². The van der Waals surface area contributed by atoms with Gasteiger partial charge in [-0.05, 0) is 62.8 Å². The third-order valence-electron chi connectivity index (χ3n) is 11.1. The second kappa shape index (κ2) is 12.6. The van der Waals surface area contributed by atoms with Crippen LogP contribution < -0.4 is 4.90 Å². The Bertz CT molecular complexity index is 2470. The number of aliphatic hydroxyl groups excluding tert-OH is 1. The lowest BCUT2D eigenvalue weighted by molar-refractivity contribution is -0.436. The van der Waals surface area contributed by atoms with Gasteiger partial charge in [0.15, 0.2) is 5.71 Å². The Hall–Kier alpha value is -5.06. The van der Waals surface area contributed by atoms with Crippen molar-refractivity contribution in [2.24, 2.45) is 0 Å². The van der Waals surface area contributed by atoms with E-state index in [1.807, 2.05) is 38.1 Å². The van der Waals surface area contributed by atoms with Gasteiger partial charge in [0.2, 0.25) is 11.5 Å². The second-order valence-corrected chi connectivity index (χ2v) is 16.3. The number of benzene rings is 4. The van der Waals surface area contributed by atoms with Crippen LogP contribution >= 0.6 is 0 Å². The van der Waals surface area contributed by atoms with Gasteiger partial charge in [-0.3, -0.25) is 14.1 Å².